The molecule has 0 fully saturated rings. The first kappa shape index (κ1) is 12.2. The number of nitrogens with zero attached hydrogens (tertiary/aromatic N) is 3. The molecule has 0 unspecified atom stereocenters. The highest BCUT2D eigenvalue weighted by molar-refractivity contribution is 7.73. The summed E-state index contributed by atoms with van der Waals surface area (Å²) in [5.41, 5.74) is 1.19. The minimum Gasteiger partial charge on any atom is -0.326 e. The van der Waals surface area contributed by atoms with Crippen molar-refractivity contribution in [2.45, 2.75) is 13.5 Å². The fourth-order valence-corrected chi connectivity index (χ4v) is 3.95. The van der Waals surface area contributed by atoms with Gasteiger partial charge < -0.3 is 4.57 Å². The molecule has 0 atom stereocenters. The van der Waals surface area contributed by atoms with Crippen molar-refractivity contribution in [1.82, 2.24) is 14.5 Å². The van der Waals surface area contributed by atoms with Gasteiger partial charge in [-0.15, -0.1) is 22.7 Å². The maximum Gasteiger partial charge on any atom is 0.183 e. The van der Waals surface area contributed by atoms with Crippen LogP contribution in [0.1, 0.15) is 10.4 Å². The van der Waals surface area contributed by atoms with Crippen LogP contribution in [-0.2, 0) is 6.54 Å². The molecule has 92 valence electrons. The Morgan fingerprint density at radius 1 is 1.44 bits per heavy atom. The van der Waals surface area contributed by atoms with E-state index in [-0.39, 0.29) is 0 Å². The third kappa shape index (κ3) is 2.33. The van der Waals surface area contributed by atoms with Crippen LogP contribution in [-0.4, -0.2) is 14.5 Å². The molecule has 0 aliphatic carbocycles. The van der Waals surface area contributed by atoms with Crippen LogP contribution in [0.15, 0.2) is 18.5 Å². The predicted octanol–water partition coefficient (Wildman–Crippen LogP) is 4.25. The first-order valence-electron chi connectivity index (χ1n) is 5.19. The lowest BCUT2D eigenvalue weighted by Crippen LogP contribution is -2.04. The van der Waals surface area contributed by atoms with Crippen molar-refractivity contribution in [1.29, 1.82) is 0 Å². The van der Waals surface area contributed by atoms with Gasteiger partial charge in [-0.1, -0.05) is 11.6 Å². The molecule has 7 heteroatoms. The molecule has 18 heavy (non-hydrogen) atoms. The molecular weight excluding hydrogens is 306 g/mol. The number of pyridine rings is 1. The number of hydrogen-bond acceptors (Lipinski definition) is 5. The topological polar surface area (TPSA) is 30.7 Å². The number of fused-ring (bicyclic) bond motifs is 1. The van der Waals surface area contributed by atoms with Crippen LogP contribution < -0.4 is 0 Å². The summed E-state index contributed by atoms with van der Waals surface area (Å²) in [5.74, 6) is 0.931. The smallest absolute Gasteiger partial charge is 0.183 e. The van der Waals surface area contributed by atoms with Crippen LogP contribution in [0, 0.1) is 10.9 Å². The van der Waals surface area contributed by atoms with Crippen molar-refractivity contribution in [3.05, 3.63) is 37.3 Å². The zero-order chi connectivity index (χ0) is 12.7. The van der Waals surface area contributed by atoms with Gasteiger partial charge in [-0.3, -0.25) is 0 Å². The summed E-state index contributed by atoms with van der Waals surface area (Å²) >= 11 is 14.0. The van der Waals surface area contributed by atoms with Crippen molar-refractivity contribution in [2.75, 3.05) is 0 Å². The maximum absolute atomic E-state index is 5.85. The Morgan fingerprint density at radius 2 is 2.28 bits per heavy atom. The van der Waals surface area contributed by atoms with Crippen LogP contribution in [0.5, 0.6) is 0 Å². The Balaban J connectivity index is 2.08. The predicted molar refractivity (Wildman–Crippen MR) is 78.5 cm³/mol. The molecule has 2 aliphatic heterocycles. The van der Waals surface area contributed by atoms with Gasteiger partial charge in [0.05, 0.1) is 11.4 Å². The highest BCUT2D eigenvalue weighted by atomic mass is 35.5. The molecule has 0 spiro atoms. The summed E-state index contributed by atoms with van der Waals surface area (Å²) in [4.78, 5) is 10.7. The van der Waals surface area contributed by atoms with E-state index in [9.17, 15) is 0 Å². The SMILES string of the molecule is Cc1cc2sc(=S)nc-2n(Cc2cnc(Cl)s2)c1. The van der Waals surface area contributed by atoms with Crippen LogP contribution in [0.3, 0.4) is 0 Å². The Kier molecular flexibility index (Phi) is 3.19. The lowest BCUT2D eigenvalue weighted by molar-refractivity contribution is 0.789. The van der Waals surface area contributed by atoms with E-state index in [2.05, 4.69) is 33.7 Å². The van der Waals surface area contributed by atoms with Gasteiger partial charge in [0.2, 0.25) is 0 Å². The zero-order valence-electron chi connectivity index (χ0n) is 9.38. The van der Waals surface area contributed by atoms with E-state index in [0.29, 0.717) is 8.42 Å². The van der Waals surface area contributed by atoms with Gasteiger partial charge in [0.25, 0.3) is 0 Å². The second kappa shape index (κ2) is 4.70. The lowest BCUT2D eigenvalue weighted by atomic mass is 10.2. The molecule has 0 saturated carbocycles. The van der Waals surface area contributed by atoms with Gasteiger partial charge in [-0.05, 0) is 30.8 Å². The summed E-state index contributed by atoms with van der Waals surface area (Å²) in [6.07, 6.45) is 3.87. The van der Waals surface area contributed by atoms with Crippen LogP contribution in [0.25, 0.3) is 10.7 Å². The molecule has 0 radical (unpaired) electrons. The van der Waals surface area contributed by atoms with Crippen molar-refractivity contribution in [3.63, 3.8) is 0 Å². The van der Waals surface area contributed by atoms with E-state index < -0.39 is 0 Å². The van der Waals surface area contributed by atoms with Gasteiger partial charge in [0.15, 0.2) is 14.2 Å². The molecule has 1 aromatic heterocycles. The second-order valence-electron chi connectivity index (χ2n) is 3.89. The lowest BCUT2D eigenvalue weighted by Gasteiger charge is -2.10. The van der Waals surface area contributed by atoms with Crippen LogP contribution >= 0.6 is 46.5 Å². The Bertz CT molecular complexity index is 727. The first-order chi connectivity index (χ1) is 8.61. The highest BCUT2D eigenvalue weighted by Crippen LogP contribution is 2.29. The van der Waals surface area contributed by atoms with E-state index in [0.717, 1.165) is 22.1 Å². The molecule has 1 aromatic rings. The average Bonchev–Trinajstić information content (AvgIpc) is 2.84. The van der Waals surface area contributed by atoms with Crippen molar-refractivity contribution in [3.8, 4) is 10.7 Å². The molecule has 3 rings (SSSR count). The Morgan fingerprint density at radius 3 is 3.00 bits per heavy atom. The number of rotatable bonds is 2. The minimum absolute atomic E-state index is 0.566. The molecule has 0 aromatic carbocycles. The van der Waals surface area contributed by atoms with Gasteiger partial charge in [-0.2, -0.15) is 0 Å². The zero-order valence-corrected chi connectivity index (χ0v) is 12.6. The first-order valence-corrected chi connectivity index (χ1v) is 7.61. The molecule has 0 bridgehead atoms. The van der Waals surface area contributed by atoms with Crippen LogP contribution in [0.4, 0.5) is 0 Å². The number of hydrogen-bond donors (Lipinski definition) is 0. The minimum atomic E-state index is 0.566. The van der Waals surface area contributed by atoms with Crippen LogP contribution in [0.2, 0.25) is 4.47 Å². The fraction of sp³-hybridized carbons (Fsp3) is 0.182. The molecule has 3 nitrogen and oxygen atoms in total. The van der Waals surface area contributed by atoms with Gasteiger partial charge in [0, 0.05) is 17.3 Å². The second-order valence-corrected chi connectivity index (χ2v) is 7.27. The van der Waals surface area contributed by atoms with Crippen molar-refractivity contribution < 1.29 is 0 Å². The Hall–Kier alpha value is -0.820. The number of aryl methyl sites for hydroxylation is 1. The molecule has 0 amide bonds. The monoisotopic (exact) mass is 313 g/mol. The highest BCUT2D eigenvalue weighted by Gasteiger charge is 2.12. The molecular formula is C11H8ClN3S3. The third-order valence-electron chi connectivity index (χ3n) is 2.46. The Labute approximate surface area is 122 Å². The van der Waals surface area contributed by atoms with Crippen molar-refractivity contribution >= 4 is 46.5 Å². The summed E-state index contributed by atoms with van der Waals surface area (Å²) < 4.78 is 3.34. The van der Waals surface area contributed by atoms with E-state index >= 15 is 0 Å². The molecule has 3 heterocycles. The number of halogens is 1. The van der Waals surface area contributed by atoms with Gasteiger partial charge in [0.1, 0.15) is 0 Å². The summed E-state index contributed by atoms with van der Waals surface area (Å²) in [6.45, 7) is 2.79. The van der Waals surface area contributed by atoms with E-state index in [1.54, 1.807) is 17.5 Å². The molecule has 0 N–H and O–H groups in total. The van der Waals surface area contributed by atoms with E-state index in [4.69, 9.17) is 23.8 Å². The van der Waals surface area contributed by atoms with E-state index in [1.165, 1.54) is 16.9 Å². The normalized spacial score (nSPS) is 11.2. The average molecular weight is 314 g/mol. The summed E-state index contributed by atoms with van der Waals surface area (Å²) in [5, 5.41) is 0. The fourth-order valence-electron chi connectivity index (χ4n) is 1.80. The molecule has 0 saturated heterocycles. The third-order valence-corrected chi connectivity index (χ3v) is 4.68. The van der Waals surface area contributed by atoms with E-state index in [1.807, 2.05) is 0 Å². The summed E-state index contributed by atoms with van der Waals surface area (Å²) in [6, 6.07) is 2.11. The summed E-state index contributed by atoms with van der Waals surface area (Å²) in [7, 11) is 0. The maximum atomic E-state index is 5.85. The standard InChI is InChI=1S/C11H8ClN3S3/c1-6-2-8-9(14-11(16)18-8)15(4-6)5-7-3-13-10(12)17-7/h2-4H,5H2,1H3. The molecule has 2 aliphatic rings. The van der Waals surface area contributed by atoms with Crippen molar-refractivity contribution in [2.24, 2.45) is 0 Å². The largest absolute Gasteiger partial charge is 0.326 e. The quantitative estimate of drug-likeness (QED) is 0.663. The number of thiazole rings is 2. The number of aromatic nitrogens is 3. The van der Waals surface area contributed by atoms with Gasteiger partial charge in [-0.25, -0.2) is 9.97 Å². The van der Waals surface area contributed by atoms with Gasteiger partial charge >= 0.3 is 0 Å².